The van der Waals surface area contributed by atoms with Crippen molar-refractivity contribution in [1.29, 1.82) is 0 Å². The highest BCUT2D eigenvalue weighted by molar-refractivity contribution is 6.30. The van der Waals surface area contributed by atoms with E-state index in [2.05, 4.69) is 5.16 Å². The minimum atomic E-state index is -2.72. The number of rotatable bonds is 8. The maximum atomic E-state index is 15.3. The van der Waals surface area contributed by atoms with E-state index in [0.29, 0.717) is 16.1 Å². The summed E-state index contributed by atoms with van der Waals surface area (Å²) in [5.74, 6) is -2.45. The van der Waals surface area contributed by atoms with Crippen LogP contribution in [0.2, 0.25) is 5.02 Å². The second kappa shape index (κ2) is 9.71. The van der Waals surface area contributed by atoms with E-state index in [4.69, 9.17) is 11.6 Å². The molecule has 0 aliphatic carbocycles. The fourth-order valence-corrected chi connectivity index (χ4v) is 3.40. The Balaban J connectivity index is 1.82. The monoisotopic (exact) mass is 443 g/mol. The van der Waals surface area contributed by atoms with Crippen LogP contribution in [0, 0.1) is 5.82 Å². The van der Waals surface area contributed by atoms with E-state index in [9.17, 15) is 19.5 Å². The lowest BCUT2D eigenvalue weighted by Gasteiger charge is -2.21. The maximum absolute atomic E-state index is 15.3. The summed E-state index contributed by atoms with van der Waals surface area (Å²) in [4.78, 5) is 11.7. The average Bonchev–Trinajstić information content (AvgIpc) is 2.77. The van der Waals surface area contributed by atoms with E-state index in [-0.39, 0.29) is 24.1 Å². The molecule has 3 rings (SSSR count). The summed E-state index contributed by atoms with van der Waals surface area (Å²) in [5, 5.41) is 22.4. The SMILES string of the molecule is O=C(O)C(F)(CCc1ccccc1)CC(=NO)c1ccc(-c2ccc(Cl)cc2)cc1F. The highest BCUT2D eigenvalue weighted by atomic mass is 35.5. The molecule has 0 saturated heterocycles. The van der Waals surface area contributed by atoms with Crippen molar-refractivity contribution < 1.29 is 23.9 Å². The van der Waals surface area contributed by atoms with E-state index in [1.807, 2.05) is 0 Å². The Morgan fingerprint density at radius 1 is 1.00 bits per heavy atom. The van der Waals surface area contributed by atoms with Crippen molar-refractivity contribution in [2.75, 3.05) is 0 Å². The highest BCUT2D eigenvalue weighted by Gasteiger charge is 2.40. The van der Waals surface area contributed by atoms with Gasteiger partial charge in [0.15, 0.2) is 0 Å². The van der Waals surface area contributed by atoms with Crippen molar-refractivity contribution in [3.8, 4) is 11.1 Å². The number of carbonyl (C=O) groups is 1. The molecule has 0 aliphatic heterocycles. The number of carboxylic acids is 1. The van der Waals surface area contributed by atoms with Crippen molar-refractivity contribution in [3.05, 3.63) is 94.8 Å². The molecule has 0 fully saturated rings. The van der Waals surface area contributed by atoms with E-state index in [0.717, 1.165) is 5.56 Å². The first-order valence-electron chi connectivity index (χ1n) is 9.55. The Kier molecular flexibility index (Phi) is 7.02. The standard InChI is InChI=1S/C24H20ClF2NO3/c25-19-9-6-17(7-10-19)18-8-11-20(21(26)14-18)22(28-31)15-24(27,23(29)30)13-12-16-4-2-1-3-5-16/h1-11,14,31H,12-13,15H2,(H,29,30). The molecule has 1 atom stereocenters. The van der Waals surface area contributed by atoms with Crippen LogP contribution in [0.1, 0.15) is 24.0 Å². The van der Waals surface area contributed by atoms with Crippen LogP contribution < -0.4 is 0 Å². The zero-order valence-corrected chi connectivity index (χ0v) is 17.2. The number of alkyl halides is 1. The molecule has 0 amide bonds. The number of aliphatic carboxylic acids is 1. The first-order chi connectivity index (χ1) is 14.8. The van der Waals surface area contributed by atoms with Crippen LogP contribution in [0.25, 0.3) is 11.1 Å². The van der Waals surface area contributed by atoms with Crippen LogP contribution in [0.3, 0.4) is 0 Å². The Hall–Kier alpha value is -3.25. The Morgan fingerprint density at radius 3 is 2.23 bits per heavy atom. The number of hydrogen-bond acceptors (Lipinski definition) is 3. The van der Waals surface area contributed by atoms with Crippen LogP contribution in [-0.2, 0) is 11.2 Å². The number of benzene rings is 3. The van der Waals surface area contributed by atoms with Gasteiger partial charge >= 0.3 is 5.97 Å². The largest absolute Gasteiger partial charge is 0.479 e. The van der Waals surface area contributed by atoms with Gasteiger partial charge in [0.05, 0.1) is 5.71 Å². The summed E-state index contributed by atoms with van der Waals surface area (Å²) in [6.45, 7) is 0. The molecule has 0 aliphatic rings. The number of halogens is 3. The summed E-state index contributed by atoms with van der Waals surface area (Å²) in [6, 6.07) is 19.8. The molecule has 160 valence electrons. The zero-order valence-electron chi connectivity index (χ0n) is 16.4. The van der Waals surface area contributed by atoms with E-state index >= 15 is 4.39 Å². The van der Waals surface area contributed by atoms with Crippen molar-refractivity contribution in [2.24, 2.45) is 5.16 Å². The predicted octanol–water partition coefficient (Wildman–Crippen LogP) is 6.14. The van der Waals surface area contributed by atoms with Crippen molar-refractivity contribution >= 4 is 23.3 Å². The molecule has 3 aromatic carbocycles. The van der Waals surface area contributed by atoms with Crippen LogP contribution in [0.5, 0.6) is 0 Å². The molecular formula is C24H20ClF2NO3. The Labute approximate surface area is 183 Å². The summed E-state index contributed by atoms with van der Waals surface area (Å²) < 4.78 is 30.1. The quantitative estimate of drug-likeness (QED) is 0.249. The lowest BCUT2D eigenvalue weighted by atomic mass is 9.88. The normalized spacial score (nSPS) is 13.6. The third kappa shape index (κ3) is 5.47. The fraction of sp³-hybridized carbons (Fsp3) is 0.167. The fourth-order valence-electron chi connectivity index (χ4n) is 3.28. The van der Waals surface area contributed by atoms with Gasteiger partial charge in [0.25, 0.3) is 0 Å². The van der Waals surface area contributed by atoms with Crippen LogP contribution in [0.4, 0.5) is 8.78 Å². The molecule has 0 saturated carbocycles. The van der Waals surface area contributed by atoms with Crippen molar-refractivity contribution in [3.63, 3.8) is 0 Å². The molecule has 0 bridgehead atoms. The van der Waals surface area contributed by atoms with Crippen molar-refractivity contribution in [1.82, 2.24) is 0 Å². The molecule has 0 radical (unpaired) electrons. The Bertz CT molecular complexity index is 1090. The third-order valence-electron chi connectivity index (χ3n) is 5.06. The van der Waals surface area contributed by atoms with E-state index < -0.39 is 23.9 Å². The van der Waals surface area contributed by atoms with Crippen molar-refractivity contribution in [2.45, 2.75) is 24.9 Å². The zero-order chi connectivity index (χ0) is 22.4. The second-order valence-electron chi connectivity index (χ2n) is 7.18. The van der Waals surface area contributed by atoms with Gasteiger partial charge in [0.1, 0.15) is 5.82 Å². The molecule has 0 heterocycles. The number of nitrogens with zero attached hydrogens (tertiary/aromatic N) is 1. The van der Waals surface area contributed by atoms with Gasteiger partial charge < -0.3 is 10.3 Å². The lowest BCUT2D eigenvalue weighted by molar-refractivity contribution is -0.150. The number of oxime groups is 1. The summed E-state index contributed by atoms with van der Waals surface area (Å²) in [6.07, 6.45) is -0.959. The van der Waals surface area contributed by atoms with Gasteiger partial charge in [-0.25, -0.2) is 13.6 Å². The minimum absolute atomic E-state index is 0.164. The number of hydrogen-bond donors (Lipinski definition) is 2. The highest BCUT2D eigenvalue weighted by Crippen LogP contribution is 2.29. The van der Waals surface area contributed by atoms with Crippen LogP contribution in [-0.4, -0.2) is 27.7 Å². The molecule has 0 spiro atoms. The molecular weight excluding hydrogens is 424 g/mol. The molecule has 4 nitrogen and oxygen atoms in total. The topological polar surface area (TPSA) is 69.9 Å². The van der Waals surface area contributed by atoms with Gasteiger partial charge in [-0.15, -0.1) is 0 Å². The average molecular weight is 444 g/mol. The summed E-state index contributed by atoms with van der Waals surface area (Å²) in [7, 11) is 0. The molecule has 2 N–H and O–H groups in total. The number of carboxylic acid groups (broad SMARTS) is 1. The van der Waals surface area contributed by atoms with Gasteiger partial charge in [0, 0.05) is 17.0 Å². The molecule has 0 aromatic heterocycles. The van der Waals surface area contributed by atoms with Gasteiger partial charge in [-0.2, -0.15) is 0 Å². The minimum Gasteiger partial charge on any atom is -0.479 e. The molecule has 7 heteroatoms. The van der Waals surface area contributed by atoms with Gasteiger partial charge in [-0.1, -0.05) is 65.3 Å². The summed E-state index contributed by atoms with van der Waals surface area (Å²) in [5.41, 5.74) is -1.23. The smallest absolute Gasteiger partial charge is 0.341 e. The van der Waals surface area contributed by atoms with Crippen LogP contribution >= 0.6 is 11.6 Å². The third-order valence-corrected chi connectivity index (χ3v) is 5.31. The van der Waals surface area contributed by atoms with Gasteiger partial charge in [-0.3, -0.25) is 0 Å². The molecule has 31 heavy (non-hydrogen) atoms. The maximum Gasteiger partial charge on any atom is 0.341 e. The summed E-state index contributed by atoms with van der Waals surface area (Å²) >= 11 is 5.87. The van der Waals surface area contributed by atoms with Gasteiger partial charge in [-0.05, 0) is 53.8 Å². The van der Waals surface area contributed by atoms with E-state index in [1.54, 1.807) is 60.7 Å². The second-order valence-corrected chi connectivity index (χ2v) is 7.62. The van der Waals surface area contributed by atoms with Gasteiger partial charge in [0.2, 0.25) is 5.67 Å². The van der Waals surface area contributed by atoms with E-state index in [1.165, 1.54) is 12.1 Å². The Morgan fingerprint density at radius 2 is 1.65 bits per heavy atom. The lowest BCUT2D eigenvalue weighted by Crippen LogP contribution is -2.37. The number of aryl methyl sites for hydroxylation is 1. The van der Waals surface area contributed by atoms with Crippen LogP contribution in [0.15, 0.2) is 78.0 Å². The molecule has 1 unspecified atom stereocenters. The first-order valence-corrected chi connectivity index (χ1v) is 9.93. The first kappa shape index (κ1) is 22.4. The predicted molar refractivity (Wildman–Crippen MR) is 116 cm³/mol. The molecule has 3 aromatic rings.